The molecule has 0 aliphatic carbocycles. The van der Waals surface area contributed by atoms with Gasteiger partial charge in [0.1, 0.15) is 4.88 Å². The number of thiazole rings is 2. The van der Waals surface area contributed by atoms with E-state index in [2.05, 4.69) is 33.6 Å². The number of carbonyl (C=O) groups is 1. The zero-order valence-corrected chi connectivity index (χ0v) is 13.9. The van der Waals surface area contributed by atoms with E-state index in [-0.39, 0.29) is 11.8 Å². The molecule has 0 aliphatic heterocycles. The average Bonchev–Trinajstić information content (AvgIpc) is 3.18. The molecular formula is C15H16N4OS2. The molecule has 0 unspecified atom stereocenters. The van der Waals surface area contributed by atoms with Crippen LogP contribution in [0, 0.1) is 0 Å². The molecule has 5 nitrogen and oxygen atoms in total. The summed E-state index contributed by atoms with van der Waals surface area (Å²) in [6.45, 7) is 2.63. The molecule has 1 aromatic carbocycles. The number of fused-ring (bicyclic) bond motifs is 1. The Bertz CT molecular complexity index is 763. The molecule has 3 rings (SSSR count). The Hall–Kier alpha value is -1.99. The molecule has 0 spiro atoms. The smallest absolute Gasteiger partial charge is 0.263 e. The van der Waals surface area contributed by atoms with E-state index in [0.29, 0.717) is 11.4 Å². The van der Waals surface area contributed by atoms with Gasteiger partial charge < -0.3 is 10.6 Å². The number of aromatic nitrogens is 2. The van der Waals surface area contributed by atoms with Gasteiger partial charge in [0.05, 0.1) is 21.4 Å². The van der Waals surface area contributed by atoms with Crippen LogP contribution in [0.15, 0.2) is 30.5 Å². The number of hydrogen-bond donors (Lipinski definition) is 2. The van der Waals surface area contributed by atoms with Gasteiger partial charge in [-0.15, -0.1) is 11.3 Å². The third kappa shape index (κ3) is 3.10. The zero-order chi connectivity index (χ0) is 15.5. The number of amides is 1. The zero-order valence-electron chi connectivity index (χ0n) is 12.3. The van der Waals surface area contributed by atoms with Gasteiger partial charge >= 0.3 is 0 Å². The lowest BCUT2D eigenvalue weighted by molar-refractivity contribution is 0.0955. The normalized spacial score (nSPS) is 12.3. The van der Waals surface area contributed by atoms with Gasteiger partial charge in [-0.2, -0.15) is 0 Å². The number of para-hydroxylation sites is 1. The number of rotatable bonds is 5. The molecule has 22 heavy (non-hydrogen) atoms. The van der Waals surface area contributed by atoms with Gasteiger partial charge in [0, 0.05) is 19.5 Å². The van der Waals surface area contributed by atoms with E-state index in [1.54, 1.807) is 24.6 Å². The van der Waals surface area contributed by atoms with Crippen LogP contribution in [0.3, 0.4) is 0 Å². The van der Waals surface area contributed by atoms with Gasteiger partial charge in [0.25, 0.3) is 5.91 Å². The van der Waals surface area contributed by atoms with Crippen molar-refractivity contribution in [2.24, 2.45) is 0 Å². The van der Waals surface area contributed by atoms with E-state index in [0.717, 1.165) is 15.7 Å². The molecule has 1 atom stereocenters. The average molecular weight is 332 g/mol. The molecule has 0 saturated heterocycles. The highest BCUT2D eigenvalue weighted by Crippen LogP contribution is 2.27. The Morgan fingerprint density at radius 1 is 1.32 bits per heavy atom. The van der Waals surface area contributed by atoms with Gasteiger partial charge in [-0.25, -0.2) is 9.97 Å². The first-order valence-corrected chi connectivity index (χ1v) is 8.58. The largest absolute Gasteiger partial charge is 0.365 e. The summed E-state index contributed by atoms with van der Waals surface area (Å²) in [4.78, 5) is 21.4. The monoisotopic (exact) mass is 332 g/mol. The molecule has 7 heteroatoms. The molecule has 2 heterocycles. The van der Waals surface area contributed by atoms with Crippen molar-refractivity contribution in [1.29, 1.82) is 0 Å². The first-order chi connectivity index (χ1) is 10.7. The summed E-state index contributed by atoms with van der Waals surface area (Å²) in [7, 11) is 1.79. The van der Waals surface area contributed by atoms with Crippen molar-refractivity contribution in [3.05, 3.63) is 40.3 Å². The second-order valence-electron chi connectivity index (χ2n) is 4.91. The van der Waals surface area contributed by atoms with Crippen molar-refractivity contribution in [1.82, 2.24) is 15.3 Å². The van der Waals surface area contributed by atoms with Crippen LogP contribution in [0.25, 0.3) is 10.2 Å². The van der Waals surface area contributed by atoms with E-state index in [1.165, 1.54) is 16.0 Å². The van der Waals surface area contributed by atoms with Crippen molar-refractivity contribution >= 4 is 43.9 Å². The molecule has 0 fully saturated rings. The first-order valence-electron chi connectivity index (χ1n) is 6.94. The Balaban J connectivity index is 1.64. The lowest BCUT2D eigenvalue weighted by Gasteiger charge is -2.08. The molecule has 3 aromatic rings. The van der Waals surface area contributed by atoms with E-state index in [4.69, 9.17) is 0 Å². The standard InChI is InChI=1S/C15H16N4OS2/c1-9(14-19-10-5-3-4-6-11(10)21-14)7-17-13(20)12-8-18-15(16-2)22-12/h3-6,8-9H,7H2,1-2H3,(H,16,18)(H,17,20)/t9-/m0/s1. The van der Waals surface area contributed by atoms with E-state index < -0.39 is 0 Å². The van der Waals surface area contributed by atoms with Crippen LogP contribution in [-0.4, -0.2) is 29.5 Å². The molecule has 0 radical (unpaired) electrons. The topological polar surface area (TPSA) is 66.9 Å². The van der Waals surface area contributed by atoms with Gasteiger partial charge in [-0.1, -0.05) is 30.4 Å². The highest BCUT2D eigenvalue weighted by Gasteiger charge is 2.15. The first kappa shape index (κ1) is 14.9. The second-order valence-corrected chi connectivity index (χ2v) is 7.00. The fraction of sp³-hybridized carbons (Fsp3) is 0.267. The van der Waals surface area contributed by atoms with Crippen molar-refractivity contribution in [2.45, 2.75) is 12.8 Å². The molecular weight excluding hydrogens is 316 g/mol. The Kier molecular flexibility index (Phi) is 4.35. The molecule has 2 N–H and O–H groups in total. The van der Waals surface area contributed by atoms with Crippen LogP contribution in [0.5, 0.6) is 0 Å². The second kappa shape index (κ2) is 6.41. The van der Waals surface area contributed by atoms with Crippen LogP contribution in [0.2, 0.25) is 0 Å². The predicted octanol–water partition coefficient (Wildman–Crippen LogP) is 3.33. The van der Waals surface area contributed by atoms with Gasteiger partial charge in [-0.3, -0.25) is 4.79 Å². The maximum atomic E-state index is 12.1. The summed E-state index contributed by atoms with van der Waals surface area (Å²) >= 11 is 3.02. The third-order valence-corrected chi connectivity index (χ3v) is 5.53. The highest BCUT2D eigenvalue weighted by molar-refractivity contribution is 7.18. The fourth-order valence-corrected chi connectivity index (χ4v) is 3.72. The molecule has 0 bridgehead atoms. The SMILES string of the molecule is CNc1ncc(C(=O)NC[C@H](C)c2nc3ccccc3s2)s1. The van der Waals surface area contributed by atoms with Crippen LogP contribution in [0.1, 0.15) is 27.5 Å². The number of anilines is 1. The van der Waals surface area contributed by atoms with Gasteiger partial charge in [-0.05, 0) is 12.1 Å². The quantitative estimate of drug-likeness (QED) is 0.752. The number of hydrogen-bond acceptors (Lipinski definition) is 6. The Morgan fingerprint density at radius 3 is 2.86 bits per heavy atom. The van der Waals surface area contributed by atoms with E-state index in [1.807, 2.05) is 18.2 Å². The maximum Gasteiger partial charge on any atom is 0.263 e. The summed E-state index contributed by atoms with van der Waals surface area (Å²) < 4.78 is 1.18. The number of carbonyl (C=O) groups excluding carboxylic acids is 1. The van der Waals surface area contributed by atoms with Crippen molar-refractivity contribution in [3.63, 3.8) is 0 Å². The van der Waals surface area contributed by atoms with Gasteiger partial charge in [0.2, 0.25) is 0 Å². The van der Waals surface area contributed by atoms with Crippen molar-refractivity contribution in [2.75, 3.05) is 18.9 Å². The number of benzene rings is 1. The summed E-state index contributed by atoms with van der Waals surface area (Å²) in [6.07, 6.45) is 1.59. The van der Waals surface area contributed by atoms with Gasteiger partial charge in [0.15, 0.2) is 5.13 Å². The highest BCUT2D eigenvalue weighted by atomic mass is 32.1. The van der Waals surface area contributed by atoms with Crippen LogP contribution in [0.4, 0.5) is 5.13 Å². The van der Waals surface area contributed by atoms with E-state index in [9.17, 15) is 4.79 Å². The lowest BCUT2D eigenvalue weighted by Crippen LogP contribution is -2.26. The fourth-order valence-electron chi connectivity index (χ4n) is 2.02. The number of nitrogens with zero attached hydrogens (tertiary/aromatic N) is 2. The Labute approximate surface area is 136 Å². The van der Waals surface area contributed by atoms with Crippen molar-refractivity contribution < 1.29 is 4.79 Å². The molecule has 2 aromatic heterocycles. The van der Waals surface area contributed by atoms with Crippen LogP contribution >= 0.6 is 22.7 Å². The minimum Gasteiger partial charge on any atom is -0.365 e. The summed E-state index contributed by atoms with van der Waals surface area (Å²) in [6, 6.07) is 8.08. The molecule has 0 saturated carbocycles. The third-order valence-electron chi connectivity index (χ3n) is 3.24. The van der Waals surface area contributed by atoms with E-state index >= 15 is 0 Å². The maximum absolute atomic E-state index is 12.1. The Morgan fingerprint density at radius 2 is 2.14 bits per heavy atom. The van der Waals surface area contributed by atoms with Crippen molar-refractivity contribution in [3.8, 4) is 0 Å². The number of nitrogens with one attached hydrogen (secondary N) is 2. The molecule has 0 aliphatic rings. The summed E-state index contributed by atoms with van der Waals surface area (Å²) in [5.41, 5.74) is 1.02. The minimum absolute atomic E-state index is 0.0908. The minimum atomic E-state index is -0.0908. The van der Waals surface area contributed by atoms with Crippen LogP contribution in [-0.2, 0) is 0 Å². The lowest BCUT2D eigenvalue weighted by atomic mass is 10.2. The summed E-state index contributed by atoms with van der Waals surface area (Å²) in [5, 5.41) is 7.66. The summed E-state index contributed by atoms with van der Waals surface area (Å²) in [5.74, 6) is 0.0880. The molecule has 114 valence electrons. The molecule has 1 amide bonds. The predicted molar refractivity (Wildman–Crippen MR) is 92.0 cm³/mol. The van der Waals surface area contributed by atoms with Crippen LogP contribution < -0.4 is 10.6 Å².